The number of rotatable bonds is 7. The number of hydrogen-bond donors (Lipinski definition) is 4. The minimum Gasteiger partial charge on any atom is -0.388 e. The molecule has 0 bridgehead atoms. The Morgan fingerprint density at radius 1 is 1.06 bits per heavy atom. The van der Waals surface area contributed by atoms with E-state index in [9.17, 15) is 15.3 Å². The third-order valence-electron chi connectivity index (χ3n) is 3.18. The van der Waals surface area contributed by atoms with E-state index in [4.69, 9.17) is 10.5 Å². The maximum absolute atomic E-state index is 9.83. The summed E-state index contributed by atoms with van der Waals surface area (Å²) in [5.41, 5.74) is 4.97. The van der Waals surface area contributed by atoms with Crippen LogP contribution in [-0.4, -0.2) is 57.5 Å². The van der Waals surface area contributed by atoms with Crippen molar-refractivity contribution in [2.75, 3.05) is 12.3 Å². The van der Waals surface area contributed by atoms with E-state index in [1.165, 1.54) is 24.6 Å². The molecule has 6 heteroatoms. The summed E-state index contributed by atoms with van der Waals surface area (Å²) >= 11 is 1.48. The molecule has 5 atom stereocenters. The van der Waals surface area contributed by atoms with Gasteiger partial charge in [0.15, 0.2) is 0 Å². The quantitative estimate of drug-likeness (QED) is 0.492. The standard InChI is InChI=1S/C12H25NO4S/c1-2-3-4-5-6-18-12-11(16)10(15)9(14)8(7-13)17-12/h8-12,14-16H,2-7,13H2,1H3/t8-,9-,10+,11+,12+/m1/s1. The zero-order chi connectivity index (χ0) is 13.5. The van der Waals surface area contributed by atoms with Crippen molar-refractivity contribution in [1.82, 2.24) is 0 Å². The van der Waals surface area contributed by atoms with Crippen molar-refractivity contribution in [1.29, 1.82) is 0 Å². The largest absolute Gasteiger partial charge is 0.388 e. The summed E-state index contributed by atoms with van der Waals surface area (Å²) in [5, 5.41) is 29.2. The van der Waals surface area contributed by atoms with Gasteiger partial charge >= 0.3 is 0 Å². The predicted octanol–water partition coefficient (Wildman–Crippen LogP) is 0.0662. The molecule has 18 heavy (non-hydrogen) atoms. The molecule has 0 aliphatic carbocycles. The molecule has 0 aromatic carbocycles. The molecule has 0 radical (unpaired) electrons. The molecule has 1 saturated heterocycles. The first kappa shape index (κ1) is 16.2. The van der Waals surface area contributed by atoms with Crippen molar-refractivity contribution in [2.24, 2.45) is 5.73 Å². The molecular formula is C12H25NO4S. The first-order valence-corrected chi connectivity index (χ1v) is 7.68. The molecule has 0 aromatic rings. The average molecular weight is 279 g/mol. The fourth-order valence-electron chi connectivity index (χ4n) is 1.98. The highest BCUT2D eigenvalue weighted by molar-refractivity contribution is 7.99. The Kier molecular flexibility index (Phi) is 7.51. The number of aliphatic hydroxyl groups is 3. The summed E-state index contributed by atoms with van der Waals surface area (Å²) < 4.78 is 5.52. The van der Waals surface area contributed by atoms with E-state index >= 15 is 0 Å². The predicted molar refractivity (Wildman–Crippen MR) is 72.3 cm³/mol. The molecule has 1 aliphatic heterocycles. The van der Waals surface area contributed by atoms with Gasteiger partial charge < -0.3 is 25.8 Å². The van der Waals surface area contributed by atoms with Gasteiger partial charge in [0.1, 0.15) is 23.7 Å². The van der Waals surface area contributed by atoms with Crippen LogP contribution < -0.4 is 5.73 Å². The molecule has 1 rings (SSSR count). The minimum absolute atomic E-state index is 0.137. The molecule has 108 valence electrons. The summed E-state index contributed by atoms with van der Waals surface area (Å²) in [4.78, 5) is 0. The lowest BCUT2D eigenvalue weighted by molar-refractivity contribution is -0.194. The Labute approximate surface area is 113 Å². The van der Waals surface area contributed by atoms with Gasteiger partial charge in [-0.3, -0.25) is 0 Å². The molecule has 1 fully saturated rings. The van der Waals surface area contributed by atoms with Crippen LogP contribution in [0.1, 0.15) is 32.6 Å². The molecule has 0 amide bonds. The van der Waals surface area contributed by atoms with E-state index in [0.717, 1.165) is 18.6 Å². The van der Waals surface area contributed by atoms with Crippen molar-refractivity contribution in [3.8, 4) is 0 Å². The van der Waals surface area contributed by atoms with Crippen LogP contribution in [0.2, 0.25) is 0 Å². The lowest BCUT2D eigenvalue weighted by Gasteiger charge is -2.39. The summed E-state index contributed by atoms with van der Waals surface area (Å²) in [6.45, 7) is 2.29. The smallest absolute Gasteiger partial charge is 0.132 e. The zero-order valence-electron chi connectivity index (χ0n) is 10.9. The van der Waals surface area contributed by atoms with E-state index in [-0.39, 0.29) is 6.54 Å². The van der Waals surface area contributed by atoms with Gasteiger partial charge in [-0.15, -0.1) is 11.8 Å². The lowest BCUT2D eigenvalue weighted by atomic mass is 10.0. The lowest BCUT2D eigenvalue weighted by Crippen LogP contribution is -2.58. The third-order valence-corrected chi connectivity index (χ3v) is 4.42. The van der Waals surface area contributed by atoms with Gasteiger partial charge in [0.2, 0.25) is 0 Å². The first-order chi connectivity index (χ1) is 8.61. The summed E-state index contributed by atoms with van der Waals surface area (Å²) in [5.74, 6) is 0.877. The van der Waals surface area contributed by atoms with Crippen molar-refractivity contribution in [2.45, 2.75) is 62.5 Å². The van der Waals surface area contributed by atoms with E-state index in [1.807, 2.05) is 0 Å². The Morgan fingerprint density at radius 3 is 2.39 bits per heavy atom. The van der Waals surface area contributed by atoms with Crippen molar-refractivity contribution in [3.63, 3.8) is 0 Å². The average Bonchev–Trinajstić information content (AvgIpc) is 2.38. The number of nitrogens with two attached hydrogens (primary N) is 1. The summed E-state index contributed by atoms with van der Waals surface area (Å²) in [6, 6.07) is 0. The number of ether oxygens (including phenoxy) is 1. The van der Waals surface area contributed by atoms with Gasteiger partial charge in [-0.2, -0.15) is 0 Å². The fourth-order valence-corrected chi connectivity index (χ4v) is 3.16. The number of hydrogen-bond acceptors (Lipinski definition) is 6. The highest BCUT2D eigenvalue weighted by atomic mass is 32.2. The van der Waals surface area contributed by atoms with E-state index in [1.54, 1.807) is 0 Å². The molecule has 0 spiro atoms. The van der Waals surface area contributed by atoms with Crippen LogP contribution in [0.15, 0.2) is 0 Å². The Balaban J connectivity index is 2.35. The molecule has 1 heterocycles. The molecular weight excluding hydrogens is 254 g/mol. The highest BCUT2D eigenvalue weighted by Crippen LogP contribution is 2.28. The number of aliphatic hydroxyl groups excluding tert-OH is 3. The highest BCUT2D eigenvalue weighted by Gasteiger charge is 2.42. The van der Waals surface area contributed by atoms with Crippen LogP contribution >= 0.6 is 11.8 Å². The molecule has 5 N–H and O–H groups in total. The molecule has 1 aliphatic rings. The maximum atomic E-state index is 9.83. The SMILES string of the molecule is CCCCCCS[C@@H]1O[C@H](CN)[C@@H](O)[C@H](O)[C@@H]1O. The van der Waals surface area contributed by atoms with Crippen LogP contribution in [0, 0.1) is 0 Å². The van der Waals surface area contributed by atoms with Gasteiger partial charge in [-0.05, 0) is 12.2 Å². The molecule has 5 nitrogen and oxygen atoms in total. The third kappa shape index (κ3) is 4.36. The Hall–Kier alpha value is 0.150. The first-order valence-electron chi connectivity index (χ1n) is 6.63. The second kappa shape index (κ2) is 8.35. The molecule has 0 saturated carbocycles. The Bertz CT molecular complexity index is 230. The molecule has 0 unspecified atom stereocenters. The van der Waals surface area contributed by atoms with Crippen molar-refractivity contribution in [3.05, 3.63) is 0 Å². The van der Waals surface area contributed by atoms with E-state index < -0.39 is 29.9 Å². The zero-order valence-corrected chi connectivity index (χ0v) is 11.7. The van der Waals surface area contributed by atoms with Crippen LogP contribution in [0.5, 0.6) is 0 Å². The van der Waals surface area contributed by atoms with Crippen LogP contribution in [0.3, 0.4) is 0 Å². The second-order valence-corrected chi connectivity index (χ2v) is 5.89. The van der Waals surface area contributed by atoms with E-state index in [2.05, 4.69) is 6.92 Å². The fraction of sp³-hybridized carbons (Fsp3) is 1.00. The number of thioether (sulfide) groups is 1. The Morgan fingerprint density at radius 2 is 1.78 bits per heavy atom. The van der Waals surface area contributed by atoms with Crippen LogP contribution in [0.25, 0.3) is 0 Å². The van der Waals surface area contributed by atoms with Gasteiger partial charge in [0.05, 0.1) is 6.10 Å². The topological polar surface area (TPSA) is 95.9 Å². The minimum atomic E-state index is -1.18. The van der Waals surface area contributed by atoms with Crippen molar-refractivity contribution < 1.29 is 20.1 Å². The number of unbranched alkanes of at least 4 members (excludes halogenated alkanes) is 3. The summed E-state index contributed by atoms with van der Waals surface area (Å²) in [7, 11) is 0. The van der Waals surface area contributed by atoms with E-state index in [0.29, 0.717) is 0 Å². The second-order valence-electron chi connectivity index (χ2n) is 4.68. The van der Waals surface area contributed by atoms with Crippen molar-refractivity contribution >= 4 is 11.8 Å². The maximum Gasteiger partial charge on any atom is 0.132 e. The van der Waals surface area contributed by atoms with Crippen LogP contribution in [-0.2, 0) is 4.74 Å². The monoisotopic (exact) mass is 279 g/mol. The van der Waals surface area contributed by atoms with Gasteiger partial charge in [0.25, 0.3) is 0 Å². The van der Waals surface area contributed by atoms with Gasteiger partial charge in [-0.25, -0.2) is 0 Å². The molecule has 0 aromatic heterocycles. The summed E-state index contributed by atoms with van der Waals surface area (Å²) in [6.07, 6.45) is 0.682. The van der Waals surface area contributed by atoms with Gasteiger partial charge in [0, 0.05) is 6.54 Å². The normalized spacial score (nSPS) is 36.8. The van der Waals surface area contributed by atoms with Crippen LogP contribution in [0.4, 0.5) is 0 Å². The van der Waals surface area contributed by atoms with Gasteiger partial charge in [-0.1, -0.05) is 26.2 Å².